The first-order valence-corrected chi connectivity index (χ1v) is 11.5. The largest absolute Gasteiger partial charge is 0.348 e. The molecule has 190 valence electrons. The maximum absolute atomic E-state index is 14.1. The fraction of sp³-hybridized carbons (Fsp3) is 0.115. The van der Waals surface area contributed by atoms with Gasteiger partial charge in [0.25, 0.3) is 5.56 Å². The van der Waals surface area contributed by atoms with Crippen LogP contribution >= 0.6 is 11.6 Å². The summed E-state index contributed by atoms with van der Waals surface area (Å²) < 4.78 is 43.3. The minimum absolute atomic E-state index is 0.0789. The number of aromatic nitrogens is 3. The van der Waals surface area contributed by atoms with Crippen molar-refractivity contribution in [2.24, 2.45) is 0 Å². The van der Waals surface area contributed by atoms with E-state index in [1.165, 1.54) is 12.3 Å². The highest BCUT2D eigenvalue weighted by atomic mass is 35.5. The van der Waals surface area contributed by atoms with Crippen molar-refractivity contribution < 1.29 is 18.0 Å². The predicted octanol–water partition coefficient (Wildman–Crippen LogP) is 3.74. The molecule has 2 aromatic carbocycles. The van der Waals surface area contributed by atoms with E-state index in [9.17, 15) is 32.8 Å². The van der Waals surface area contributed by atoms with Crippen LogP contribution in [0.2, 0.25) is 5.02 Å². The van der Waals surface area contributed by atoms with Crippen LogP contribution in [-0.2, 0) is 19.6 Å². The molecule has 12 heteroatoms. The van der Waals surface area contributed by atoms with Gasteiger partial charge < -0.3 is 4.90 Å². The molecule has 0 N–H and O–H groups in total. The summed E-state index contributed by atoms with van der Waals surface area (Å²) in [6.45, 7) is -0.215. The van der Waals surface area contributed by atoms with E-state index in [0.717, 1.165) is 21.9 Å². The third kappa shape index (κ3) is 4.14. The van der Waals surface area contributed by atoms with Gasteiger partial charge in [-0.15, -0.1) is 0 Å². The maximum Gasteiger partial charge on any atom is 0.338 e. The fourth-order valence-corrected chi connectivity index (χ4v) is 4.61. The second-order valence-corrected chi connectivity index (χ2v) is 8.87. The van der Waals surface area contributed by atoms with Gasteiger partial charge in [-0.2, -0.15) is 5.26 Å². The van der Waals surface area contributed by atoms with Crippen molar-refractivity contribution in [3.63, 3.8) is 0 Å². The molecule has 0 spiro atoms. The van der Waals surface area contributed by atoms with Crippen molar-refractivity contribution in [3.05, 3.63) is 120 Å². The molecule has 8 nitrogen and oxygen atoms in total. The highest BCUT2D eigenvalue weighted by Gasteiger charge is 2.32. The van der Waals surface area contributed by atoms with Gasteiger partial charge in [-0.1, -0.05) is 35.9 Å². The van der Waals surface area contributed by atoms with Gasteiger partial charge in [-0.05, 0) is 29.3 Å². The molecule has 4 aromatic rings. The summed E-state index contributed by atoms with van der Waals surface area (Å²) in [5.74, 6) is -6.43. The second kappa shape index (κ2) is 9.64. The number of hydrogen-bond acceptors (Lipinski definition) is 6. The molecule has 0 amide bonds. The average molecular weight is 538 g/mol. The summed E-state index contributed by atoms with van der Waals surface area (Å²) in [7, 11) is 0. The van der Waals surface area contributed by atoms with Crippen LogP contribution in [0.15, 0.2) is 64.4 Å². The summed E-state index contributed by atoms with van der Waals surface area (Å²) in [6, 6.07) is 11.3. The Morgan fingerprint density at radius 3 is 2.24 bits per heavy atom. The summed E-state index contributed by atoms with van der Waals surface area (Å²) in [5, 5.41) is 9.61. The van der Waals surface area contributed by atoms with E-state index in [4.69, 9.17) is 11.6 Å². The van der Waals surface area contributed by atoms with E-state index < -0.39 is 52.2 Å². The van der Waals surface area contributed by atoms with Crippen LogP contribution in [0, 0.1) is 28.8 Å². The van der Waals surface area contributed by atoms with Gasteiger partial charge in [0.05, 0.1) is 23.0 Å². The number of pyridine rings is 1. The van der Waals surface area contributed by atoms with Crippen molar-refractivity contribution in [3.8, 4) is 11.8 Å². The first-order valence-electron chi connectivity index (χ1n) is 11.1. The number of anilines is 1. The number of halogens is 4. The van der Waals surface area contributed by atoms with Crippen LogP contribution < -0.4 is 16.1 Å². The molecule has 0 bridgehead atoms. The highest BCUT2D eigenvalue weighted by molar-refractivity contribution is 6.30. The van der Waals surface area contributed by atoms with Crippen LogP contribution in [0.1, 0.15) is 27.0 Å². The average Bonchev–Trinajstić information content (AvgIpc) is 3.32. The molecule has 0 saturated carbocycles. The maximum atomic E-state index is 14.1. The molecule has 1 aliphatic rings. The number of nitriles is 1. The Morgan fingerprint density at radius 2 is 1.66 bits per heavy atom. The first kappa shape index (κ1) is 25.0. The molecule has 0 atom stereocenters. The second-order valence-electron chi connectivity index (χ2n) is 8.44. The van der Waals surface area contributed by atoms with Crippen molar-refractivity contribution >= 4 is 23.2 Å². The third-order valence-corrected chi connectivity index (χ3v) is 6.32. The lowest BCUT2D eigenvalue weighted by molar-refractivity contribution is 0.103. The lowest BCUT2D eigenvalue weighted by atomic mass is 10.0. The van der Waals surface area contributed by atoms with Gasteiger partial charge in [0.15, 0.2) is 17.5 Å². The van der Waals surface area contributed by atoms with Crippen molar-refractivity contribution in [1.82, 2.24) is 14.1 Å². The number of carbonyl (C=O) groups is 1. The van der Waals surface area contributed by atoms with Crippen LogP contribution in [0.3, 0.4) is 0 Å². The Bertz CT molecular complexity index is 1750. The lowest BCUT2D eigenvalue weighted by Gasteiger charge is -2.25. The SMILES string of the molecule is N#CCn1c(N2Cc3ccccc3C2)c(C(=O)c2cc(F)c(F)c(F)c2)c(=O)n(-c2cncc(Cl)c2)c1=O. The minimum Gasteiger partial charge on any atom is -0.348 e. The lowest BCUT2D eigenvalue weighted by Crippen LogP contribution is -2.45. The van der Waals surface area contributed by atoms with E-state index in [2.05, 4.69) is 4.98 Å². The normalized spacial score (nSPS) is 12.3. The zero-order valence-corrected chi connectivity index (χ0v) is 20.0. The van der Waals surface area contributed by atoms with Crippen molar-refractivity contribution in [1.29, 1.82) is 5.26 Å². The van der Waals surface area contributed by atoms with Gasteiger partial charge in [-0.3, -0.25) is 19.1 Å². The van der Waals surface area contributed by atoms with Gasteiger partial charge in [-0.25, -0.2) is 22.5 Å². The van der Waals surface area contributed by atoms with E-state index in [0.29, 0.717) is 16.7 Å². The Morgan fingerprint density at radius 1 is 1.03 bits per heavy atom. The molecule has 0 unspecified atom stereocenters. The van der Waals surface area contributed by atoms with Crippen molar-refractivity contribution in [2.75, 3.05) is 4.90 Å². The Balaban J connectivity index is 1.84. The standard InChI is InChI=1S/C26H15ClF3N5O3/c27-17-9-18(11-32-10-17)35-25(37)21(23(36)16-7-19(28)22(30)20(29)8-16)24(34(6-5-31)26(35)38)33-12-14-3-1-2-4-15(14)13-33/h1-4,7-11H,6,12-13H2. The van der Waals surface area contributed by atoms with Crippen LogP contribution in [0.25, 0.3) is 5.69 Å². The summed E-state index contributed by atoms with van der Waals surface area (Å²) >= 11 is 6.00. The number of nitrogens with zero attached hydrogens (tertiary/aromatic N) is 5. The molecule has 5 rings (SSSR count). The van der Waals surface area contributed by atoms with Gasteiger partial charge >= 0.3 is 5.69 Å². The quantitative estimate of drug-likeness (QED) is 0.284. The van der Waals surface area contributed by atoms with Gasteiger partial charge in [0, 0.05) is 24.8 Å². The number of benzene rings is 2. The number of carbonyl (C=O) groups excluding carboxylic acids is 1. The number of rotatable bonds is 5. The van der Waals surface area contributed by atoms with Gasteiger partial charge in [0.2, 0.25) is 5.78 Å². The Hall–Kier alpha value is -4.69. The van der Waals surface area contributed by atoms with E-state index in [1.54, 1.807) is 17.0 Å². The van der Waals surface area contributed by atoms with E-state index >= 15 is 0 Å². The van der Waals surface area contributed by atoms with Crippen LogP contribution in [0.5, 0.6) is 0 Å². The molecule has 0 fully saturated rings. The smallest absolute Gasteiger partial charge is 0.338 e. The molecule has 2 aromatic heterocycles. The first-order chi connectivity index (χ1) is 18.2. The Labute approximate surface area is 217 Å². The van der Waals surface area contributed by atoms with E-state index in [-0.39, 0.29) is 29.6 Å². The molecule has 0 radical (unpaired) electrons. The minimum atomic E-state index is -1.78. The summed E-state index contributed by atoms with van der Waals surface area (Å²) in [5.41, 5.74) is -1.78. The highest BCUT2D eigenvalue weighted by Crippen LogP contribution is 2.30. The van der Waals surface area contributed by atoms with Crippen LogP contribution in [0.4, 0.5) is 19.0 Å². The number of hydrogen-bond donors (Lipinski definition) is 0. The zero-order chi connectivity index (χ0) is 27.1. The van der Waals surface area contributed by atoms with E-state index in [1.807, 2.05) is 18.2 Å². The topological polar surface area (TPSA) is 101 Å². The molecular formula is C26H15ClF3N5O3. The third-order valence-electron chi connectivity index (χ3n) is 6.11. The zero-order valence-electron chi connectivity index (χ0n) is 19.3. The monoisotopic (exact) mass is 537 g/mol. The fourth-order valence-electron chi connectivity index (χ4n) is 4.45. The number of fused-ring (bicyclic) bond motifs is 1. The Kier molecular flexibility index (Phi) is 6.34. The molecule has 1 aliphatic heterocycles. The molecule has 3 heterocycles. The number of ketones is 1. The van der Waals surface area contributed by atoms with Crippen molar-refractivity contribution in [2.45, 2.75) is 19.6 Å². The summed E-state index contributed by atoms with van der Waals surface area (Å²) in [4.78, 5) is 46.6. The molecular weight excluding hydrogens is 523 g/mol. The van der Waals surface area contributed by atoms with Crippen LogP contribution in [-0.4, -0.2) is 19.9 Å². The molecule has 38 heavy (non-hydrogen) atoms. The summed E-state index contributed by atoms with van der Waals surface area (Å²) in [6.07, 6.45) is 2.41. The predicted molar refractivity (Wildman–Crippen MR) is 131 cm³/mol. The molecule has 0 saturated heterocycles. The van der Waals surface area contributed by atoms with Gasteiger partial charge in [0.1, 0.15) is 17.9 Å². The molecule has 0 aliphatic carbocycles.